The number of rotatable bonds is 3. The van der Waals surface area contributed by atoms with Crippen molar-refractivity contribution in [1.82, 2.24) is 4.57 Å². The summed E-state index contributed by atoms with van der Waals surface area (Å²) in [5.74, 6) is 0.664. The minimum Gasteiger partial charge on any atom is -0.462 e. The predicted molar refractivity (Wildman–Crippen MR) is 64.2 cm³/mol. The highest BCUT2D eigenvalue weighted by molar-refractivity contribution is 5.72. The van der Waals surface area contributed by atoms with Gasteiger partial charge in [-0.05, 0) is 24.3 Å². The minimum absolute atomic E-state index is 0.152. The van der Waals surface area contributed by atoms with Crippen molar-refractivity contribution in [1.29, 1.82) is 0 Å². The van der Waals surface area contributed by atoms with Crippen LogP contribution in [0, 0.1) is 0 Å². The second kappa shape index (κ2) is 4.19. The third-order valence-corrected chi connectivity index (χ3v) is 2.76. The van der Waals surface area contributed by atoms with Gasteiger partial charge in [0, 0.05) is 0 Å². The molecule has 3 aromatic rings. The van der Waals surface area contributed by atoms with Gasteiger partial charge in [-0.2, -0.15) is 0 Å². The maximum atomic E-state index is 11.7. The molecule has 1 N–H and O–H groups in total. The van der Waals surface area contributed by atoms with Gasteiger partial charge in [-0.25, -0.2) is 4.79 Å². The SMILES string of the molecule is O=c1oc2ccccc2n1Cc1ccc(CO)o1. The Hall–Kier alpha value is -2.27. The van der Waals surface area contributed by atoms with Crippen LogP contribution in [0.1, 0.15) is 11.5 Å². The number of furan rings is 1. The Labute approximate surface area is 102 Å². The lowest BCUT2D eigenvalue weighted by atomic mass is 10.3. The van der Waals surface area contributed by atoms with Gasteiger partial charge < -0.3 is 13.9 Å². The van der Waals surface area contributed by atoms with Crippen LogP contribution in [-0.2, 0) is 13.2 Å². The van der Waals surface area contributed by atoms with Crippen LogP contribution in [-0.4, -0.2) is 9.67 Å². The van der Waals surface area contributed by atoms with E-state index in [4.69, 9.17) is 13.9 Å². The summed E-state index contributed by atoms with van der Waals surface area (Å²) >= 11 is 0. The second-order valence-corrected chi connectivity index (χ2v) is 3.95. The Morgan fingerprint density at radius 1 is 1.06 bits per heavy atom. The number of benzene rings is 1. The normalized spacial score (nSPS) is 11.2. The molecule has 0 unspecified atom stereocenters. The number of nitrogens with zero attached hydrogens (tertiary/aromatic N) is 1. The summed E-state index contributed by atoms with van der Waals surface area (Å²) in [5, 5.41) is 8.92. The zero-order chi connectivity index (χ0) is 12.5. The Bertz CT molecular complexity index is 735. The molecule has 0 saturated heterocycles. The number of hydrogen-bond donors (Lipinski definition) is 1. The molecule has 0 aliphatic carbocycles. The molecule has 2 heterocycles. The molecule has 3 rings (SSSR count). The van der Waals surface area contributed by atoms with Crippen LogP contribution in [0.25, 0.3) is 11.1 Å². The molecule has 5 nitrogen and oxygen atoms in total. The summed E-state index contributed by atoms with van der Waals surface area (Å²) in [7, 11) is 0. The average molecular weight is 245 g/mol. The molecule has 92 valence electrons. The number of oxazole rings is 1. The number of aromatic nitrogens is 1. The highest BCUT2D eigenvalue weighted by Crippen LogP contribution is 2.15. The molecule has 0 atom stereocenters. The van der Waals surface area contributed by atoms with Crippen LogP contribution >= 0.6 is 0 Å². The fourth-order valence-electron chi connectivity index (χ4n) is 1.91. The second-order valence-electron chi connectivity index (χ2n) is 3.95. The Kier molecular flexibility index (Phi) is 2.53. The molecular weight excluding hydrogens is 234 g/mol. The molecule has 5 heteroatoms. The predicted octanol–water partition coefficient (Wildman–Crippen LogP) is 1.73. The van der Waals surface area contributed by atoms with Gasteiger partial charge in [0.15, 0.2) is 5.58 Å². The van der Waals surface area contributed by atoms with Crippen LogP contribution < -0.4 is 5.76 Å². The molecule has 0 amide bonds. The largest absolute Gasteiger partial charge is 0.462 e. The molecule has 0 spiro atoms. The summed E-state index contributed by atoms with van der Waals surface area (Å²) in [6.45, 7) is 0.136. The fraction of sp³-hybridized carbons (Fsp3) is 0.154. The lowest BCUT2D eigenvalue weighted by Crippen LogP contribution is -2.14. The Morgan fingerprint density at radius 2 is 1.83 bits per heavy atom. The van der Waals surface area contributed by atoms with Gasteiger partial charge in [-0.1, -0.05) is 12.1 Å². The first kappa shape index (κ1) is 10.9. The first-order chi connectivity index (χ1) is 8.78. The maximum Gasteiger partial charge on any atom is 0.420 e. The fourth-order valence-corrected chi connectivity index (χ4v) is 1.91. The third kappa shape index (κ3) is 1.74. The van der Waals surface area contributed by atoms with E-state index < -0.39 is 5.76 Å². The smallest absolute Gasteiger partial charge is 0.420 e. The number of fused-ring (bicyclic) bond motifs is 1. The highest BCUT2D eigenvalue weighted by Gasteiger charge is 2.10. The van der Waals surface area contributed by atoms with Crippen molar-refractivity contribution in [2.75, 3.05) is 0 Å². The van der Waals surface area contributed by atoms with E-state index >= 15 is 0 Å². The van der Waals surface area contributed by atoms with E-state index in [1.807, 2.05) is 18.2 Å². The topological polar surface area (TPSA) is 68.5 Å². The first-order valence-corrected chi connectivity index (χ1v) is 5.55. The van der Waals surface area contributed by atoms with Crippen molar-refractivity contribution in [3.63, 3.8) is 0 Å². The molecule has 0 bridgehead atoms. The maximum absolute atomic E-state index is 11.7. The van der Waals surface area contributed by atoms with Gasteiger partial charge in [0.05, 0.1) is 12.1 Å². The Morgan fingerprint density at radius 3 is 2.61 bits per heavy atom. The summed E-state index contributed by atoms with van der Waals surface area (Å²) in [5.41, 5.74) is 1.28. The van der Waals surface area contributed by atoms with Crippen LogP contribution in [0.3, 0.4) is 0 Å². The molecular formula is C13H11NO4. The average Bonchev–Trinajstić information content (AvgIpc) is 2.96. The zero-order valence-corrected chi connectivity index (χ0v) is 9.50. The van der Waals surface area contributed by atoms with E-state index in [0.717, 1.165) is 5.52 Å². The number of aliphatic hydroxyl groups excluding tert-OH is 1. The van der Waals surface area contributed by atoms with Gasteiger partial charge in [-0.15, -0.1) is 0 Å². The lowest BCUT2D eigenvalue weighted by Gasteiger charge is -1.98. The minimum atomic E-state index is -0.418. The van der Waals surface area contributed by atoms with Crippen molar-refractivity contribution in [3.8, 4) is 0 Å². The molecule has 1 aromatic carbocycles. The van der Waals surface area contributed by atoms with Crippen LogP contribution in [0.2, 0.25) is 0 Å². The summed E-state index contributed by atoms with van der Waals surface area (Å²) < 4.78 is 12.0. The van der Waals surface area contributed by atoms with Gasteiger partial charge in [0.1, 0.15) is 18.1 Å². The number of para-hydroxylation sites is 2. The van der Waals surface area contributed by atoms with Gasteiger partial charge >= 0.3 is 5.76 Å². The first-order valence-electron chi connectivity index (χ1n) is 5.55. The Balaban J connectivity index is 2.04. The summed E-state index contributed by atoms with van der Waals surface area (Å²) in [6, 6.07) is 10.6. The van der Waals surface area contributed by atoms with E-state index in [9.17, 15) is 4.79 Å². The van der Waals surface area contributed by atoms with Crippen LogP contribution in [0.4, 0.5) is 0 Å². The molecule has 0 aliphatic heterocycles. The number of aliphatic hydroxyl groups is 1. The van der Waals surface area contributed by atoms with Gasteiger partial charge in [-0.3, -0.25) is 4.57 Å². The van der Waals surface area contributed by atoms with E-state index in [0.29, 0.717) is 17.1 Å². The van der Waals surface area contributed by atoms with Crippen molar-refractivity contribution in [3.05, 3.63) is 58.5 Å². The van der Waals surface area contributed by atoms with Crippen molar-refractivity contribution < 1.29 is 13.9 Å². The zero-order valence-electron chi connectivity index (χ0n) is 9.50. The molecule has 18 heavy (non-hydrogen) atoms. The van der Waals surface area contributed by atoms with E-state index in [1.54, 1.807) is 18.2 Å². The van der Waals surface area contributed by atoms with Gasteiger partial charge in [0.2, 0.25) is 0 Å². The monoisotopic (exact) mass is 245 g/mol. The van der Waals surface area contributed by atoms with E-state index in [-0.39, 0.29) is 13.2 Å². The molecule has 0 fully saturated rings. The molecule has 2 aromatic heterocycles. The van der Waals surface area contributed by atoms with E-state index in [1.165, 1.54) is 4.57 Å². The van der Waals surface area contributed by atoms with Gasteiger partial charge in [0.25, 0.3) is 0 Å². The van der Waals surface area contributed by atoms with Crippen LogP contribution in [0.5, 0.6) is 0 Å². The summed E-state index contributed by atoms with van der Waals surface area (Å²) in [4.78, 5) is 11.7. The van der Waals surface area contributed by atoms with Crippen molar-refractivity contribution in [2.24, 2.45) is 0 Å². The van der Waals surface area contributed by atoms with Crippen LogP contribution in [0.15, 0.2) is 50.0 Å². The third-order valence-electron chi connectivity index (χ3n) is 2.76. The van der Waals surface area contributed by atoms with Crippen molar-refractivity contribution >= 4 is 11.1 Å². The molecule has 0 radical (unpaired) electrons. The highest BCUT2D eigenvalue weighted by atomic mass is 16.4. The standard InChI is InChI=1S/C13H11NO4/c15-8-10-6-5-9(17-10)7-14-11-3-1-2-4-12(11)18-13(14)16/h1-6,15H,7-8H2. The summed E-state index contributed by atoms with van der Waals surface area (Å²) in [6.07, 6.45) is 0. The lowest BCUT2D eigenvalue weighted by molar-refractivity contribution is 0.243. The molecule has 0 aliphatic rings. The molecule has 0 saturated carbocycles. The van der Waals surface area contributed by atoms with Crippen molar-refractivity contribution in [2.45, 2.75) is 13.2 Å². The van der Waals surface area contributed by atoms with E-state index in [2.05, 4.69) is 0 Å². The quantitative estimate of drug-likeness (QED) is 0.763. The number of hydrogen-bond acceptors (Lipinski definition) is 4.